The van der Waals surface area contributed by atoms with Crippen molar-refractivity contribution in [1.29, 1.82) is 0 Å². The third kappa shape index (κ3) is 1.07. The first-order chi connectivity index (χ1) is 6.34. The Balaban J connectivity index is 1.84. The van der Waals surface area contributed by atoms with Gasteiger partial charge in [-0.1, -0.05) is 0 Å². The van der Waals surface area contributed by atoms with Crippen LogP contribution in [0.4, 0.5) is 5.13 Å². The van der Waals surface area contributed by atoms with Crippen molar-refractivity contribution < 1.29 is 0 Å². The minimum absolute atomic E-state index is 0.683. The molecule has 0 N–H and O–H groups in total. The molecule has 0 radical (unpaired) electrons. The summed E-state index contributed by atoms with van der Waals surface area (Å²) in [5, 5.41) is 1.10. The van der Waals surface area contributed by atoms with E-state index in [1.165, 1.54) is 24.5 Å². The molecule has 0 spiro atoms. The highest BCUT2D eigenvalue weighted by Gasteiger charge is 2.42. The SMILES string of the molecule is CN1C[C@@H]2C[C@H]1CN2c1ncns1. The van der Waals surface area contributed by atoms with Crippen molar-refractivity contribution in [2.45, 2.75) is 18.5 Å². The average Bonchev–Trinajstić information content (AvgIpc) is 2.75. The molecule has 4 nitrogen and oxygen atoms in total. The first-order valence-corrected chi connectivity index (χ1v) is 5.35. The number of nitrogens with zero attached hydrogens (tertiary/aromatic N) is 4. The largest absolute Gasteiger partial charge is 0.341 e. The lowest BCUT2D eigenvalue weighted by Gasteiger charge is -2.31. The van der Waals surface area contributed by atoms with Gasteiger partial charge in [-0.2, -0.15) is 4.37 Å². The minimum atomic E-state index is 0.683. The van der Waals surface area contributed by atoms with Gasteiger partial charge in [0.25, 0.3) is 0 Å². The van der Waals surface area contributed by atoms with E-state index in [0.29, 0.717) is 6.04 Å². The predicted octanol–water partition coefficient (Wildman–Crippen LogP) is 0.431. The van der Waals surface area contributed by atoms with Gasteiger partial charge in [0.15, 0.2) is 0 Å². The van der Waals surface area contributed by atoms with Crippen LogP contribution in [0.25, 0.3) is 0 Å². The zero-order valence-electron chi connectivity index (χ0n) is 7.55. The standard InChI is InChI=1S/C8H12N4S/c1-11-3-7-2-6(11)4-12(7)8-9-5-10-13-8/h5-7H,2-4H2,1H3/t6-,7-/m0/s1. The number of hydrogen-bond acceptors (Lipinski definition) is 5. The second-order valence-electron chi connectivity index (χ2n) is 3.86. The fourth-order valence-corrected chi connectivity index (χ4v) is 3.01. The number of likely N-dealkylation sites (N-methyl/N-ethyl adjacent to an activating group) is 1. The Morgan fingerprint density at radius 1 is 1.46 bits per heavy atom. The van der Waals surface area contributed by atoms with Gasteiger partial charge in [-0.05, 0) is 13.5 Å². The number of aromatic nitrogens is 2. The maximum atomic E-state index is 4.26. The summed E-state index contributed by atoms with van der Waals surface area (Å²) in [5.41, 5.74) is 0. The van der Waals surface area contributed by atoms with E-state index < -0.39 is 0 Å². The Morgan fingerprint density at radius 2 is 2.38 bits per heavy atom. The van der Waals surface area contributed by atoms with Crippen molar-refractivity contribution in [3.63, 3.8) is 0 Å². The van der Waals surface area contributed by atoms with Crippen molar-refractivity contribution >= 4 is 16.7 Å². The van der Waals surface area contributed by atoms with Crippen LogP contribution in [0.5, 0.6) is 0 Å². The molecule has 0 saturated carbocycles. The first-order valence-electron chi connectivity index (χ1n) is 4.58. The molecule has 3 heterocycles. The monoisotopic (exact) mass is 196 g/mol. The highest BCUT2D eigenvalue weighted by atomic mass is 32.1. The molecule has 13 heavy (non-hydrogen) atoms. The molecule has 0 amide bonds. The fraction of sp³-hybridized carbons (Fsp3) is 0.750. The molecule has 2 atom stereocenters. The normalized spacial score (nSPS) is 33.2. The van der Waals surface area contributed by atoms with E-state index in [-0.39, 0.29) is 0 Å². The number of anilines is 1. The summed E-state index contributed by atoms with van der Waals surface area (Å²) in [6, 6.07) is 1.43. The summed E-state index contributed by atoms with van der Waals surface area (Å²) in [6.45, 7) is 2.32. The molecular weight excluding hydrogens is 184 g/mol. The third-order valence-corrected chi connectivity index (χ3v) is 3.81. The molecule has 70 valence electrons. The van der Waals surface area contributed by atoms with Crippen molar-refractivity contribution in [2.24, 2.45) is 0 Å². The van der Waals surface area contributed by atoms with Crippen molar-refractivity contribution in [3.05, 3.63) is 6.33 Å². The van der Waals surface area contributed by atoms with Gasteiger partial charge in [0.1, 0.15) is 6.33 Å². The van der Waals surface area contributed by atoms with Crippen LogP contribution in [0.3, 0.4) is 0 Å². The molecule has 1 aromatic heterocycles. The van der Waals surface area contributed by atoms with E-state index in [9.17, 15) is 0 Å². The molecule has 2 fully saturated rings. The van der Waals surface area contributed by atoms with Crippen LogP contribution in [-0.2, 0) is 0 Å². The molecule has 5 heteroatoms. The molecule has 2 aliphatic heterocycles. The van der Waals surface area contributed by atoms with Crippen molar-refractivity contribution in [2.75, 3.05) is 25.0 Å². The van der Waals surface area contributed by atoms with Crippen LogP contribution in [0.15, 0.2) is 6.33 Å². The number of likely N-dealkylation sites (tertiary alicyclic amines) is 1. The van der Waals surface area contributed by atoms with Gasteiger partial charge in [0, 0.05) is 36.7 Å². The van der Waals surface area contributed by atoms with Crippen LogP contribution in [0.2, 0.25) is 0 Å². The highest BCUT2D eigenvalue weighted by molar-refractivity contribution is 7.09. The van der Waals surface area contributed by atoms with Gasteiger partial charge in [-0.3, -0.25) is 4.90 Å². The zero-order chi connectivity index (χ0) is 8.84. The van der Waals surface area contributed by atoms with E-state index in [2.05, 4.69) is 26.2 Å². The van der Waals surface area contributed by atoms with Gasteiger partial charge < -0.3 is 4.90 Å². The van der Waals surface area contributed by atoms with Gasteiger partial charge in [-0.15, -0.1) is 0 Å². The Morgan fingerprint density at radius 3 is 2.92 bits per heavy atom. The molecule has 0 aliphatic carbocycles. The number of piperazine rings is 1. The Kier molecular flexibility index (Phi) is 1.57. The summed E-state index contributed by atoms with van der Waals surface area (Å²) >= 11 is 1.51. The maximum Gasteiger partial charge on any atom is 0.205 e. The van der Waals surface area contributed by atoms with Gasteiger partial charge in [0.2, 0.25) is 5.13 Å². The Hall–Kier alpha value is -0.680. The lowest BCUT2D eigenvalue weighted by atomic mass is 10.2. The number of fused-ring (bicyclic) bond motifs is 2. The Labute approximate surface area is 81.3 Å². The van der Waals surface area contributed by atoms with Crippen LogP contribution in [-0.4, -0.2) is 46.5 Å². The molecule has 0 unspecified atom stereocenters. The predicted molar refractivity (Wildman–Crippen MR) is 52.1 cm³/mol. The van der Waals surface area contributed by atoms with E-state index in [1.54, 1.807) is 6.33 Å². The van der Waals surface area contributed by atoms with Crippen LogP contribution < -0.4 is 4.90 Å². The van der Waals surface area contributed by atoms with Crippen LogP contribution >= 0.6 is 11.5 Å². The molecule has 2 aliphatic rings. The molecule has 2 saturated heterocycles. The summed E-state index contributed by atoms with van der Waals surface area (Å²) in [4.78, 5) is 9.11. The minimum Gasteiger partial charge on any atom is -0.341 e. The smallest absolute Gasteiger partial charge is 0.205 e. The third-order valence-electron chi connectivity index (χ3n) is 3.11. The summed E-state index contributed by atoms with van der Waals surface area (Å²) < 4.78 is 4.04. The second kappa shape index (κ2) is 2.65. The molecular formula is C8H12N4S. The maximum absolute atomic E-state index is 4.26. The average molecular weight is 196 g/mol. The quantitative estimate of drug-likeness (QED) is 0.652. The lowest BCUT2D eigenvalue weighted by molar-refractivity contribution is 0.292. The van der Waals surface area contributed by atoms with E-state index in [0.717, 1.165) is 17.7 Å². The van der Waals surface area contributed by atoms with Gasteiger partial charge in [-0.25, -0.2) is 4.98 Å². The molecule has 3 rings (SSSR count). The number of rotatable bonds is 1. The first kappa shape index (κ1) is 7.70. The van der Waals surface area contributed by atoms with Crippen molar-refractivity contribution in [3.8, 4) is 0 Å². The van der Waals surface area contributed by atoms with E-state index in [4.69, 9.17) is 0 Å². The Bertz CT molecular complexity index is 297. The molecule has 1 aromatic rings. The van der Waals surface area contributed by atoms with Crippen LogP contribution in [0, 0.1) is 0 Å². The van der Waals surface area contributed by atoms with Gasteiger partial charge in [0.05, 0.1) is 0 Å². The molecule has 0 aromatic carbocycles. The fourth-order valence-electron chi connectivity index (χ4n) is 2.39. The van der Waals surface area contributed by atoms with Gasteiger partial charge >= 0.3 is 0 Å². The van der Waals surface area contributed by atoms with E-state index >= 15 is 0 Å². The summed E-state index contributed by atoms with van der Waals surface area (Å²) in [5.74, 6) is 0. The van der Waals surface area contributed by atoms with E-state index in [1.807, 2.05) is 0 Å². The summed E-state index contributed by atoms with van der Waals surface area (Å²) in [7, 11) is 2.21. The lowest BCUT2D eigenvalue weighted by Crippen LogP contribution is -2.44. The van der Waals surface area contributed by atoms with Crippen LogP contribution in [0.1, 0.15) is 6.42 Å². The number of hydrogen-bond donors (Lipinski definition) is 0. The second-order valence-corrected chi connectivity index (χ2v) is 4.62. The molecule has 2 bridgehead atoms. The topological polar surface area (TPSA) is 32.3 Å². The van der Waals surface area contributed by atoms with Crippen molar-refractivity contribution in [1.82, 2.24) is 14.3 Å². The summed E-state index contributed by atoms with van der Waals surface area (Å²) in [6.07, 6.45) is 2.95. The highest BCUT2D eigenvalue weighted by Crippen LogP contribution is 2.33. The zero-order valence-corrected chi connectivity index (χ0v) is 8.37.